The molecule has 1 N–H and O–H groups in total. The Balaban J connectivity index is 1.22. The third-order valence-corrected chi connectivity index (χ3v) is 6.12. The van der Waals surface area contributed by atoms with Crippen LogP contribution in [0.2, 0.25) is 0 Å². The van der Waals surface area contributed by atoms with E-state index in [-0.39, 0.29) is 17.8 Å². The van der Waals surface area contributed by atoms with Crippen LogP contribution in [0.1, 0.15) is 0 Å². The minimum absolute atomic E-state index is 0.0875. The van der Waals surface area contributed by atoms with Gasteiger partial charge >= 0.3 is 0 Å². The van der Waals surface area contributed by atoms with Crippen LogP contribution in [0, 0.1) is 0 Å². The Hall–Kier alpha value is -3.58. The Bertz CT molecular complexity index is 1250. The van der Waals surface area contributed by atoms with E-state index in [1.165, 1.54) is 11.8 Å². The zero-order chi connectivity index (χ0) is 21.8. The molecular weight excluding hydrogens is 422 g/mol. The molecule has 32 heavy (non-hydrogen) atoms. The van der Waals surface area contributed by atoms with Gasteiger partial charge in [-0.1, -0.05) is 78.5 Å². The molecule has 5 rings (SSSR count). The van der Waals surface area contributed by atoms with E-state index in [0.29, 0.717) is 18.9 Å². The predicted octanol–water partition coefficient (Wildman–Crippen LogP) is 4.35. The van der Waals surface area contributed by atoms with Crippen molar-refractivity contribution in [2.45, 2.75) is 11.1 Å². The molecule has 3 aromatic carbocycles. The molecule has 0 radical (unpaired) electrons. The number of nitrogens with zero attached hydrogens (tertiary/aromatic N) is 2. The van der Waals surface area contributed by atoms with Gasteiger partial charge in [-0.05, 0) is 12.1 Å². The number of amides is 1. The van der Waals surface area contributed by atoms with Crippen LogP contribution in [0.5, 0.6) is 11.5 Å². The summed E-state index contributed by atoms with van der Waals surface area (Å²) < 4.78 is 11.6. The molecule has 1 atom stereocenters. The van der Waals surface area contributed by atoms with Crippen molar-refractivity contribution < 1.29 is 14.3 Å². The largest absolute Gasteiger partial charge is 0.486 e. The molecule has 0 aliphatic carbocycles. The van der Waals surface area contributed by atoms with Gasteiger partial charge in [-0.25, -0.2) is 0 Å². The summed E-state index contributed by atoms with van der Waals surface area (Å²) in [5.41, 5.74) is 1.85. The minimum atomic E-state index is -0.218. The van der Waals surface area contributed by atoms with Crippen LogP contribution < -0.4 is 14.8 Å². The number of hydrogen-bond acceptors (Lipinski definition) is 6. The first-order valence-corrected chi connectivity index (χ1v) is 11.4. The second kappa shape index (κ2) is 9.28. The number of nitrogens with one attached hydrogen (secondary N) is 1. The average molecular weight is 444 g/mol. The van der Waals surface area contributed by atoms with Crippen LogP contribution in [-0.2, 0) is 4.79 Å². The van der Waals surface area contributed by atoms with Gasteiger partial charge in [0, 0.05) is 16.3 Å². The number of carbonyl (C=O) groups is 1. The van der Waals surface area contributed by atoms with Crippen LogP contribution in [0.4, 0.5) is 0 Å². The van der Waals surface area contributed by atoms with E-state index < -0.39 is 0 Å². The molecule has 4 aromatic rings. The van der Waals surface area contributed by atoms with Gasteiger partial charge in [0.05, 0.1) is 12.3 Å². The van der Waals surface area contributed by atoms with E-state index in [0.717, 1.165) is 32.8 Å². The maximum Gasteiger partial charge on any atom is 0.230 e. The zero-order valence-corrected chi connectivity index (χ0v) is 18.0. The fourth-order valence-electron chi connectivity index (χ4n) is 3.57. The summed E-state index contributed by atoms with van der Waals surface area (Å²) in [6.07, 6.45) is -0.218. The summed E-state index contributed by atoms with van der Waals surface area (Å²) in [6, 6.07) is 25.5. The predicted molar refractivity (Wildman–Crippen MR) is 125 cm³/mol. The lowest BCUT2D eigenvalue weighted by molar-refractivity contribution is -0.119. The molecule has 6 nitrogen and oxygen atoms in total. The summed E-state index contributed by atoms with van der Waals surface area (Å²) >= 11 is 1.38. The maximum absolute atomic E-state index is 12.5. The maximum atomic E-state index is 12.5. The van der Waals surface area contributed by atoms with Gasteiger partial charge in [0.15, 0.2) is 11.5 Å². The summed E-state index contributed by atoms with van der Waals surface area (Å²) in [5.74, 6) is 1.59. The van der Waals surface area contributed by atoms with Gasteiger partial charge in [-0.2, -0.15) is 0 Å². The monoisotopic (exact) mass is 443 g/mol. The van der Waals surface area contributed by atoms with Crippen LogP contribution in [0.15, 0.2) is 83.9 Å². The molecule has 1 aromatic heterocycles. The van der Waals surface area contributed by atoms with E-state index in [9.17, 15) is 4.79 Å². The molecule has 0 fully saturated rings. The summed E-state index contributed by atoms with van der Waals surface area (Å²) in [4.78, 5) is 12.5. The SMILES string of the molecule is O=C(CSc1nnc(-c2ccccc2)c2ccccc12)NC[C@H]1COc2ccccc2O1. The molecule has 0 saturated carbocycles. The first kappa shape index (κ1) is 20.3. The molecule has 0 spiro atoms. The lowest BCUT2D eigenvalue weighted by Gasteiger charge is -2.26. The molecule has 1 amide bonds. The molecule has 0 bridgehead atoms. The number of hydrogen-bond donors (Lipinski definition) is 1. The standard InChI is InChI=1S/C25H21N3O3S/c29-23(26-14-18-15-30-21-12-6-7-13-22(21)31-18)16-32-25-20-11-5-4-10-19(20)24(27-28-25)17-8-2-1-3-9-17/h1-13,18H,14-16H2,(H,26,29)/t18-/m0/s1. The van der Waals surface area contributed by atoms with E-state index >= 15 is 0 Å². The number of fused-ring (bicyclic) bond motifs is 2. The van der Waals surface area contributed by atoms with Crippen molar-refractivity contribution in [2.24, 2.45) is 0 Å². The normalized spacial score (nSPS) is 14.8. The van der Waals surface area contributed by atoms with Gasteiger partial charge in [0.25, 0.3) is 0 Å². The molecule has 160 valence electrons. The van der Waals surface area contributed by atoms with Gasteiger partial charge in [0.1, 0.15) is 23.4 Å². The molecule has 1 aliphatic rings. The van der Waals surface area contributed by atoms with E-state index in [4.69, 9.17) is 9.47 Å². The Morgan fingerprint density at radius 2 is 1.62 bits per heavy atom. The van der Waals surface area contributed by atoms with Gasteiger partial charge in [-0.15, -0.1) is 10.2 Å². The van der Waals surface area contributed by atoms with Crippen molar-refractivity contribution in [3.05, 3.63) is 78.9 Å². The van der Waals surface area contributed by atoms with Crippen LogP contribution >= 0.6 is 11.8 Å². The minimum Gasteiger partial charge on any atom is -0.486 e. The highest BCUT2D eigenvalue weighted by Crippen LogP contribution is 2.32. The molecule has 2 heterocycles. The van der Waals surface area contributed by atoms with E-state index in [2.05, 4.69) is 15.5 Å². The first-order valence-electron chi connectivity index (χ1n) is 10.4. The van der Waals surface area contributed by atoms with Gasteiger partial charge in [-0.3, -0.25) is 4.79 Å². The van der Waals surface area contributed by atoms with Gasteiger partial charge in [0.2, 0.25) is 5.91 Å². The highest BCUT2D eigenvalue weighted by Gasteiger charge is 2.21. The zero-order valence-electron chi connectivity index (χ0n) is 17.2. The number of thioether (sulfide) groups is 1. The third-order valence-electron chi connectivity index (χ3n) is 5.14. The lowest BCUT2D eigenvalue weighted by atomic mass is 10.1. The summed E-state index contributed by atoms with van der Waals surface area (Å²) in [5, 5.41) is 14.5. The van der Waals surface area contributed by atoms with Gasteiger partial charge < -0.3 is 14.8 Å². The second-order valence-corrected chi connectivity index (χ2v) is 8.32. The Kier molecular flexibility index (Phi) is 5.89. The molecule has 1 aliphatic heterocycles. The topological polar surface area (TPSA) is 73.3 Å². The van der Waals surface area contributed by atoms with Crippen molar-refractivity contribution in [1.82, 2.24) is 15.5 Å². The molecule has 0 unspecified atom stereocenters. The highest BCUT2D eigenvalue weighted by atomic mass is 32.2. The van der Waals surface area contributed by atoms with Crippen LogP contribution in [0.3, 0.4) is 0 Å². The lowest BCUT2D eigenvalue weighted by Crippen LogP contribution is -2.41. The fourth-order valence-corrected chi connectivity index (χ4v) is 4.37. The Morgan fingerprint density at radius 3 is 2.47 bits per heavy atom. The van der Waals surface area contributed by atoms with Crippen molar-refractivity contribution in [1.29, 1.82) is 0 Å². The van der Waals surface area contributed by atoms with Crippen molar-refractivity contribution in [3.63, 3.8) is 0 Å². The highest BCUT2D eigenvalue weighted by molar-refractivity contribution is 8.00. The molecule has 0 saturated heterocycles. The number of benzene rings is 3. The van der Waals surface area contributed by atoms with Crippen LogP contribution in [0.25, 0.3) is 22.0 Å². The van der Waals surface area contributed by atoms with Crippen LogP contribution in [-0.4, -0.2) is 41.1 Å². The Morgan fingerprint density at radius 1 is 0.906 bits per heavy atom. The number of ether oxygens (including phenoxy) is 2. The van der Waals surface area contributed by atoms with Crippen molar-refractivity contribution in [2.75, 3.05) is 18.9 Å². The average Bonchev–Trinajstić information content (AvgIpc) is 2.86. The quantitative estimate of drug-likeness (QED) is 0.447. The van der Waals surface area contributed by atoms with E-state index in [1.807, 2.05) is 78.9 Å². The number of carbonyl (C=O) groups excluding carboxylic acids is 1. The third kappa shape index (κ3) is 4.38. The Labute approximate surface area is 190 Å². The molecular formula is C25H21N3O3S. The smallest absolute Gasteiger partial charge is 0.230 e. The first-order chi connectivity index (χ1) is 15.8. The van der Waals surface area contributed by atoms with Crippen molar-refractivity contribution in [3.8, 4) is 22.8 Å². The second-order valence-electron chi connectivity index (χ2n) is 7.36. The number of rotatable bonds is 6. The number of aromatic nitrogens is 2. The number of para-hydroxylation sites is 2. The van der Waals surface area contributed by atoms with E-state index in [1.54, 1.807) is 0 Å². The fraction of sp³-hybridized carbons (Fsp3) is 0.160. The summed E-state index contributed by atoms with van der Waals surface area (Å²) in [6.45, 7) is 0.786. The van der Waals surface area contributed by atoms with Crippen molar-refractivity contribution >= 4 is 28.4 Å². The summed E-state index contributed by atoms with van der Waals surface area (Å²) in [7, 11) is 0. The molecule has 7 heteroatoms.